The second kappa shape index (κ2) is 6.03. The fourth-order valence-corrected chi connectivity index (χ4v) is 1.95. The van der Waals surface area contributed by atoms with Gasteiger partial charge in [-0.2, -0.15) is 0 Å². The Balaban J connectivity index is 2.01. The van der Waals surface area contributed by atoms with E-state index in [1.165, 1.54) is 0 Å². The van der Waals surface area contributed by atoms with E-state index in [0.717, 1.165) is 30.8 Å². The molecule has 2 unspecified atom stereocenters. The van der Waals surface area contributed by atoms with E-state index in [2.05, 4.69) is 6.92 Å². The average molecular weight is 236 g/mol. The van der Waals surface area contributed by atoms with Crippen molar-refractivity contribution in [2.75, 3.05) is 13.2 Å². The van der Waals surface area contributed by atoms with Gasteiger partial charge in [0.2, 0.25) is 0 Å². The molecule has 0 saturated carbocycles. The van der Waals surface area contributed by atoms with E-state index in [9.17, 15) is 0 Å². The smallest absolute Gasteiger partial charge is 0.184 e. The van der Waals surface area contributed by atoms with Gasteiger partial charge in [0, 0.05) is 5.56 Å². The van der Waals surface area contributed by atoms with E-state index in [0.29, 0.717) is 12.7 Å². The first kappa shape index (κ1) is 12.4. The monoisotopic (exact) mass is 236 g/mol. The van der Waals surface area contributed by atoms with Gasteiger partial charge in [0.25, 0.3) is 0 Å². The number of hydrogen-bond donors (Lipinski definition) is 0. The lowest BCUT2D eigenvalue weighted by Gasteiger charge is -2.29. The maximum Gasteiger partial charge on any atom is 0.184 e. The summed E-state index contributed by atoms with van der Waals surface area (Å²) in [5, 5.41) is 0. The van der Waals surface area contributed by atoms with Gasteiger partial charge in [-0.3, -0.25) is 0 Å². The molecule has 1 aromatic carbocycles. The van der Waals surface area contributed by atoms with Gasteiger partial charge in [0.05, 0.1) is 19.3 Å². The first-order valence-corrected chi connectivity index (χ1v) is 6.33. The molecule has 3 nitrogen and oxygen atoms in total. The summed E-state index contributed by atoms with van der Waals surface area (Å²) in [6.45, 7) is 5.59. The molecule has 2 atom stereocenters. The second-order valence-corrected chi connectivity index (χ2v) is 4.16. The Labute approximate surface area is 103 Å². The Bertz CT molecular complexity index is 334. The highest BCUT2D eigenvalue weighted by molar-refractivity contribution is 5.28. The molecule has 1 aliphatic heterocycles. The van der Waals surface area contributed by atoms with E-state index in [1.54, 1.807) is 0 Å². The van der Waals surface area contributed by atoms with Crippen LogP contribution in [0.1, 0.15) is 38.5 Å². The molecule has 1 saturated heterocycles. The van der Waals surface area contributed by atoms with Crippen molar-refractivity contribution in [3.05, 3.63) is 29.8 Å². The van der Waals surface area contributed by atoms with Crippen LogP contribution < -0.4 is 4.74 Å². The van der Waals surface area contributed by atoms with Crippen LogP contribution in [-0.2, 0) is 9.47 Å². The van der Waals surface area contributed by atoms with Gasteiger partial charge >= 0.3 is 0 Å². The number of ether oxygens (including phenoxy) is 3. The molecule has 17 heavy (non-hydrogen) atoms. The molecular formula is C14H20O3. The Hall–Kier alpha value is -1.06. The normalized spacial score (nSPS) is 24.6. The van der Waals surface area contributed by atoms with Gasteiger partial charge in [0.15, 0.2) is 6.29 Å². The quantitative estimate of drug-likeness (QED) is 0.802. The molecule has 2 rings (SSSR count). The Kier molecular flexibility index (Phi) is 4.40. The van der Waals surface area contributed by atoms with Crippen molar-refractivity contribution in [2.24, 2.45) is 0 Å². The molecule has 0 amide bonds. The summed E-state index contributed by atoms with van der Waals surface area (Å²) in [5.41, 5.74) is 1.06. The first-order valence-electron chi connectivity index (χ1n) is 6.33. The minimum absolute atomic E-state index is 0.218. The minimum Gasteiger partial charge on any atom is -0.494 e. The summed E-state index contributed by atoms with van der Waals surface area (Å²) >= 11 is 0. The fraction of sp³-hybridized carbons (Fsp3) is 0.571. The van der Waals surface area contributed by atoms with Gasteiger partial charge in [-0.05, 0) is 31.9 Å². The summed E-state index contributed by atoms with van der Waals surface area (Å²) in [6.07, 6.45) is 2.13. The van der Waals surface area contributed by atoms with E-state index in [4.69, 9.17) is 14.2 Å². The van der Waals surface area contributed by atoms with Crippen molar-refractivity contribution in [2.45, 2.75) is 39.1 Å². The SMILES string of the molecule is CCOc1ccc(C2OCCC(CC)O2)cc1. The van der Waals surface area contributed by atoms with Gasteiger partial charge < -0.3 is 14.2 Å². The van der Waals surface area contributed by atoms with Crippen LogP contribution in [0.25, 0.3) is 0 Å². The Morgan fingerprint density at radius 2 is 2.00 bits per heavy atom. The lowest BCUT2D eigenvalue weighted by atomic mass is 10.1. The van der Waals surface area contributed by atoms with E-state index in [-0.39, 0.29) is 6.29 Å². The first-order chi connectivity index (χ1) is 8.33. The molecule has 1 aliphatic rings. The van der Waals surface area contributed by atoms with Crippen molar-refractivity contribution < 1.29 is 14.2 Å². The zero-order chi connectivity index (χ0) is 12.1. The highest BCUT2D eigenvalue weighted by Gasteiger charge is 2.22. The van der Waals surface area contributed by atoms with E-state index >= 15 is 0 Å². The third-order valence-electron chi connectivity index (χ3n) is 2.94. The summed E-state index contributed by atoms with van der Waals surface area (Å²) in [6, 6.07) is 7.93. The molecule has 3 heteroatoms. The maximum atomic E-state index is 5.86. The summed E-state index contributed by atoms with van der Waals surface area (Å²) in [4.78, 5) is 0. The number of hydrogen-bond acceptors (Lipinski definition) is 3. The lowest BCUT2D eigenvalue weighted by Crippen LogP contribution is -2.26. The largest absolute Gasteiger partial charge is 0.494 e. The van der Waals surface area contributed by atoms with Crippen LogP contribution in [0.2, 0.25) is 0 Å². The molecule has 1 aromatic rings. The average Bonchev–Trinajstić information content (AvgIpc) is 2.40. The van der Waals surface area contributed by atoms with Gasteiger partial charge in [-0.15, -0.1) is 0 Å². The predicted molar refractivity (Wildman–Crippen MR) is 66.1 cm³/mol. The zero-order valence-electron chi connectivity index (χ0n) is 10.5. The highest BCUT2D eigenvalue weighted by Crippen LogP contribution is 2.28. The van der Waals surface area contributed by atoms with Crippen molar-refractivity contribution in [1.82, 2.24) is 0 Å². The molecule has 94 valence electrons. The Morgan fingerprint density at radius 1 is 1.24 bits per heavy atom. The summed E-state index contributed by atoms with van der Waals surface area (Å²) < 4.78 is 16.9. The highest BCUT2D eigenvalue weighted by atomic mass is 16.7. The van der Waals surface area contributed by atoms with Crippen LogP contribution in [0.3, 0.4) is 0 Å². The summed E-state index contributed by atoms with van der Waals surface area (Å²) in [7, 11) is 0. The maximum absolute atomic E-state index is 5.86. The summed E-state index contributed by atoms with van der Waals surface area (Å²) in [5.74, 6) is 0.888. The van der Waals surface area contributed by atoms with Crippen molar-refractivity contribution in [3.63, 3.8) is 0 Å². The fourth-order valence-electron chi connectivity index (χ4n) is 1.95. The van der Waals surface area contributed by atoms with Crippen LogP contribution >= 0.6 is 0 Å². The Morgan fingerprint density at radius 3 is 2.65 bits per heavy atom. The van der Waals surface area contributed by atoms with E-state index < -0.39 is 0 Å². The van der Waals surface area contributed by atoms with Crippen molar-refractivity contribution in [3.8, 4) is 5.75 Å². The third-order valence-corrected chi connectivity index (χ3v) is 2.94. The van der Waals surface area contributed by atoms with Crippen LogP contribution in [0.15, 0.2) is 24.3 Å². The van der Waals surface area contributed by atoms with Crippen LogP contribution in [0.4, 0.5) is 0 Å². The molecule has 1 fully saturated rings. The standard InChI is InChI=1S/C14H20O3/c1-3-12-9-10-16-14(17-12)11-5-7-13(8-6-11)15-4-2/h5-8,12,14H,3-4,9-10H2,1-2H3. The zero-order valence-corrected chi connectivity index (χ0v) is 10.5. The molecule has 0 bridgehead atoms. The van der Waals surface area contributed by atoms with Crippen molar-refractivity contribution >= 4 is 0 Å². The van der Waals surface area contributed by atoms with E-state index in [1.807, 2.05) is 31.2 Å². The third kappa shape index (κ3) is 3.20. The predicted octanol–water partition coefficient (Wildman–Crippen LogP) is 3.30. The molecular weight excluding hydrogens is 216 g/mol. The second-order valence-electron chi connectivity index (χ2n) is 4.16. The molecule has 0 N–H and O–H groups in total. The van der Waals surface area contributed by atoms with Gasteiger partial charge in [-0.1, -0.05) is 19.1 Å². The van der Waals surface area contributed by atoms with Crippen molar-refractivity contribution in [1.29, 1.82) is 0 Å². The molecule has 0 radical (unpaired) electrons. The minimum atomic E-state index is -0.218. The topological polar surface area (TPSA) is 27.7 Å². The number of rotatable bonds is 4. The molecule has 0 aliphatic carbocycles. The van der Waals surface area contributed by atoms with Gasteiger partial charge in [0.1, 0.15) is 5.75 Å². The van der Waals surface area contributed by atoms with Crippen LogP contribution in [0, 0.1) is 0 Å². The number of benzene rings is 1. The van der Waals surface area contributed by atoms with Crippen LogP contribution in [-0.4, -0.2) is 19.3 Å². The van der Waals surface area contributed by atoms with Crippen LogP contribution in [0.5, 0.6) is 5.75 Å². The molecule has 1 heterocycles. The lowest BCUT2D eigenvalue weighted by molar-refractivity contribution is -0.217. The molecule has 0 spiro atoms. The molecule has 0 aromatic heterocycles. The van der Waals surface area contributed by atoms with Gasteiger partial charge in [-0.25, -0.2) is 0 Å².